The number of unbranched alkanes of at least 4 members (excludes halogenated alkanes) is 2. The molecule has 0 aromatic heterocycles. The second-order valence-electron chi connectivity index (χ2n) is 4.52. The van der Waals surface area contributed by atoms with Crippen LogP contribution in [0, 0.1) is 10.1 Å². The Morgan fingerprint density at radius 3 is 2.62 bits per heavy atom. The summed E-state index contributed by atoms with van der Waals surface area (Å²) < 4.78 is 0.572. The van der Waals surface area contributed by atoms with Gasteiger partial charge in [-0.3, -0.25) is 10.1 Å². The minimum Gasteiger partial charge on any atom is -0.465 e. The zero-order valence-corrected chi connectivity index (χ0v) is 13.0. The number of carboxylic acid groups (broad SMARTS) is 1. The van der Waals surface area contributed by atoms with Crippen LogP contribution in [-0.4, -0.2) is 39.3 Å². The van der Waals surface area contributed by atoms with Crippen LogP contribution in [-0.2, 0) is 6.54 Å². The van der Waals surface area contributed by atoms with Crippen molar-refractivity contribution in [1.82, 2.24) is 4.90 Å². The number of aliphatic hydroxyl groups is 1. The molecule has 1 aromatic carbocycles. The zero-order chi connectivity index (χ0) is 15.8. The Bertz CT molecular complexity index is 509. The topological polar surface area (TPSA) is 104 Å². The van der Waals surface area contributed by atoms with Crippen LogP contribution < -0.4 is 0 Å². The lowest BCUT2D eigenvalue weighted by atomic mass is 10.1. The molecule has 2 N–H and O–H groups in total. The maximum atomic E-state index is 11.2. The van der Waals surface area contributed by atoms with Gasteiger partial charge >= 0.3 is 6.09 Å². The summed E-state index contributed by atoms with van der Waals surface area (Å²) in [5.41, 5.74) is 0.249. The highest BCUT2D eigenvalue weighted by Gasteiger charge is 2.19. The summed E-state index contributed by atoms with van der Waals surface area (Å²) in [6.45, 7) is 0.325. The fourth-order valence-electron chi connectivity index (χ4n) is 1.88. The normalized spacial score (nSPS) is 10.4. The molecule has 0 aliphatic rings. The van der Waals surface area contributed by atoms with Gasteiger partial charge in [-0.25, -0.2) is 4.79 Å². The molecule has 1 aromatic rings. The van der Waals surface area contributed by atoms with Gasteiger partial charge in [0.2, 0.25) is 0 Å². The molecule has 0 heterocycles. The van der Waals surface area contributed by atoms with Gasteiger partial charge in [0.1, 0.15) is 0 Å². The molecule has 0 fully saturated rings. The maximum absolute atomic E-state index is 11.2. The fourth-order valence-corrected chi connectivity index (χ4v) is 2.23. The first kappa shape index (κ1) is 17.4. The van der Waals surface area contributed by atoms with E-state index in [1.54, 1.807) is 12.1 Å². The molecule has 1 amide bonds. The number of amides is 1. The Kier molecular flexibility index (Phi) is 7.10. The predicted molar refractivity (Wildman–Crippen MR) is 80.2 cm³/mol. The van der Waals surface area contributed by atoms with Gasteiger partial charge in [0, 0.05) is 29.3 Å². The van der Waals surface area contributed by atoms with Gasteiger partial charge in [0.05, 0.1) is 11.5 Å². The van der Waals surface area contributed by atoms with Gasteiger partial charge in [-0.05, 0) is 31.4 Å². The number of carbonyl (C=O) groups is 1. The quantitative estimate of drug-likeness (QED) is 0.421. The minimum absolute atomic E-state index is 0.0297. The second kappa shape index (κ2) is 8.58. The average molecular weight is 361 g/mol. The van der Waals surface area contributed by atoms with Gasteiger partial charge in [-0.1, -0.05) is 15.9 Å². The van der Waals surface area contributed by atoms with E-state index in [4.69, 9.17) is 5.11 Å². The Morgan fingerprint density at radius 1 is 1.33 bits per heavy atom. The Morgan fingerprint density at radius 2 is 2.05 bits per heavy atom. The van der Waals surface area contributed by atoms with E-state index in [-0.39, 0.29) is 25.4 Å². The highest BCUT2D eigenvalue weighted by Crippen LogP contribution is 2.25. The highest BCUT2D eigenvalue weighted by molar-refractivity contribution is 9.10. The number of halogens is 1. The molecule has 1 rings (SSSR count). The molecule has 0 unspecified atom stereocenters. The van der Waals surface area contributed by atoms with Crippen molar-refractivity contribution in [3.05, 3.63) is 38.3 Å². The third kappa shape index (κ3) is 5.68. The van der Waals surface area contributed by atoms with Crippen LogP contribution in [0.5, 0.6) is 0 Å². The Labute approximate surface area is 130 Å². The third-order valence-electron chi connectivity index (χ3n) is 2.96. The number of benzene rings is 1. The molecule has 0 bridgehead atoms. The van der Waals surface area contributed by atoms with Crippen molar-refractivity contribution in [2.45, 2.75) is 25.8 Å². The lowest BCUT2D eigenvalue weighted by Crippen LogP contribution is -2.30. The molecule has 0 atom stereocenters. The molecule has 0 radical (unpaired) electrons. The summed E-state index contributed by atoms with van der Waals surface area (Å²) in [5, 5.41) is 28.9. The van der Waals surface area contributed by atoms with Crippen LogP contribution in [0.3, 0.4) is 0 Å². The zero-order valence-electron chi connectivity index (χ0n) is 11.4. The summed E-state index contributed by atoms with van der Waals surface area (Å²) in [6, 6.07) is 4.56. The fraction of sp³-hybridized carbons (Fsp3) is 0.462. The molecule has 8 heteroatoms. The number of hydrogen-bond acceptors (Lipinski definition) is 4. The summed E-state index contributed by atoms with van der Waals surface area (Å²) in [6.07, 6.45) is 0.822. The summed E-state index contributed by atoms with van der Waals surface area (Å²) in [7, 11) is 0. The minimum atomic E-state index is -1.11. The summed E-state index contributed by atoms with van der Waals surface area (Å²) in [5.74, 6) is 0. The number of rotatable bonds is 8. The van der Waals surface area contributed by atoms with E-state index in [1.165, 1.54) is 6.07 Å². The lowest BCUT2D eigenvalue weighted by molar-refractivity contribution is -0.385. The molecule has 21 heavy (non-hydrogen) atoms. The summed E-state index contributed by atoms with van der Waals surface area (Å²) in [4.78, 5) is 22.9. The van der Waals surface area contributed by atoms with E-state index in [0.29, 0.717) is 29.3 Å². The van der Waals surface area contributed by atoms with E-state index in [9.17, 15) is 20.0 Å². The van der Waals surface area contributed by atoms with E-state index >= 15 is 0 Å². The molecule has 116 valence electrons. The van der Waals surface area contributed by atoms with Crippen molar-refractivity contribution in [3.8, 4) is 0 Å². The number of aliphatic hydroxyl groups excluding tert-OH is 1. The van der Waals surface area contributed by atoms with Gasteiger partial charge < -0.3 is 15.1 Å². The Balaban J connectivity index is 2.79. The Hall–Kier alpha value is -1.67. The van der Waals surface area contributed by atoms with Crippen LogP contribution in [0.4, 0.5) is 10.5 Å². The molecule has 0 saturated heterocycles. The van der Waals surface area contributed by atoms with Crippen LogP contribution >= 0.6 is 15.9 Å². The monoisotopic (exact) mass is 360 g/mol. The SMILES string of the molecule is O=C(O)N(CCCCCO)Cc1ccc(Br)cc1[N+](=O)[O-]. The van der Waals surface area contributed by atoms with Crippen molar-refractivity contribution in [2.75, 3.05) is 13.2 Å². The number of hydrogen-bond donors (Lipinski definition) is 2. The highest BCUT2D eigenvalue weighted by atomic mass is 79.9. The smallest absolute Gasteiger partial charge is 0.407 e. The first-order valence-corrected chi connectivity index (χ1v) is 7.26. The average Bonchev–Trinajstić information content (AvgIpc) is 2.43. The van der Waals surface area contributed by atoms with E-state index in [2.05, 4.69) is 15.9 Å². The van der Waals surface area contributed by atoms with Crippen LogP contribution in [0.15, 0.2) is 22.7 Å². The molecule has 0 aliphatic heterocycles. The van der Waals surface area contributed by atoms with Crippen molar-refractivity contribution >= 4 is 27.7 Å². The van der Waals surface area contributed by atoms with Gasteiger partial charge in [0.25, 0.3) is 5.69 Å². The predicted octanol–water partition coefficient (Wildman–Crippen LogP) is 3.00. The first-order chi connectivity index (χ1) is 9.95. The van der Waals surface area contributed by atoms with Gasteiger partial charge in [0.15, 0.2) is 0 Å². The van der Waals surface area contributed by atoms with Crippen molar-refractivity contribution in [1.29, 1.82) is 0 Å². The second-order valence-corrected chi connectivity index (χ2v) is 5.43. The molecule has 0 spiro atoms. The molecule has 0 saturated carbocycles. The van der Waals surface area contributed by atoms with E-state index in [1.807, 2.05) is 0 Å². The van der Waals surface area contributed by atoms with E-state index < -0.39 is 11.0 Å². The van der Waals surface area contributed by atoms with Crippen LogP contribution in [0.25, 0.3) is 0 Å². The first-order valence-electron chi connectivity index (χ1n) is 6.47. The van der Waals surface area contributed by atoms with Gasteiger partial charge in [-0.15, -0.1) is 0 Å². The molecule has 0 aliphatic carbocycles. The van der Waals surface area contributed by atoms with E-state index in [0.717, 1.165) is 4.90 Å². The van der Waals surface area contributed by atoms with Crippen molar-refractivity contribution in [2.24, 2.45) is 0 Å². The van der Waals surface area contributed by atoms with Crippen LogP contribution in [0.2, 0.25) is 0 Å². The number of nitrogens with zero attached hydrogens (tertiary/aromatic N) is 2. The molecular formula is C13H17BrN2O5. The van der Waals surface area contributed by atoms with Crippen molar-refractivity contribution in [3.63, 3.8) is 0 Å². The van der Waals surface area contributed by atoms with Crippen LogP contribution in [0.1, 0.15) is 24.8 Å². The number of nitro groups is 1. The largest absolute Gasteiger partial charge is 0.465 e. The molecular weight excluding hydrogens is 344 g/mol. The van der Waals surface area contributed by atoms with Crippen molar-refractivity contribution < 1.29 is 19.9 Å². The number of nitro benzene ring substituents is 1. The maximum Gasteiger partial charge on any atom is 0.407 e. The third-order valence-corrected chi connectivity index (χ3v) is 3.46. The standard InChI is InChI=1S/C13H17BrN2O5/c14-11-5-4-10(12(8-11)16(20)21)9-15(13(18)19)6-2-1-3-7-17/h4-5,8,17H,1-3,6-7,9H2,(H,18,19). The lowest BCUT2D eigenvalue weighted by Gasteiger charge is -2.19. The van der Waals surface area contributed by atoms with Gasteiger partial charge in [-0.2, -0.15) is 0 Å². The summed E-state index contributed by atoms with van der Waals surface area (Å²) >= 11 is 3.16. The molecule has 7 nitrogen and oxygen atoms in total.